The Bertz CT molecular complexity index is 981. The number of halogens is 1. The number of anilines is 2. The van der Waals surface area contributed by atoms with Crippen LogP contribution in [0.5, 0.6) is 0 Å². The zero-order valence-corrected chi connectivity index (χ0v) is 15.8. The van der Waals surface area contributed by atoms with Crippen LogP contribution in [0.4, 0.5) is 16.2 Å². The third-order valence-corrected chi connectivity index (χ3v) is 4.65. The number of pyridine rings is 1. The van der Waals surface area contributed by atoms with Crippen LogP contribution < -0.4 is 16.2 Å². The Balaban J connectivity index is 1.74. The maximum absolute atomic E-state index is 12.6. The number of carbonyl (C=O) groups excluding carboxylic acids is 1. The van der Waals surface area contributed by atoms with E-state index >= 15 is 0 Å². The van der Waals surface area contributed by atoms with Gasteiger partial charge in [-0.05, 0) is 42.8 Å². The molecule has 1 aromatic heterocycles. The molecule has 0 spiro atoms. The number of amides is 2. The number of rotatable bonds is 4. The van der Waals surface area contributed by atoms with Gasteiger partial charge in [0.15, 0.2) is 0 Å². The third kappa shape index (κ3) is 4.40. The third-order valence-electron chi connectivity index (χ3n) is 3.88. The fraction of sp³-hybridized carbons (Fsp3) is 0.100. The zero-order chi connectivity index (χ0) is 18.5. The molecule has 0 aliphatic heterocycles. The molecule has 0 aliphatic carbocycles. The van der Waals surface area contributed by atoms with Gasteiger partial charge in [0.2, 0.25) is 0 Å². The first-order valence-corrected chi connectivity index (χ1v) is 8.90. The highest BCUT2D eigenvalue weighted by atomic mass is 79.9. The van der Waals surface area contributed by atoms with Gasteiger partial charge in [-0.3, -0.25) is 4.79 Å². The lowest BCUT2D eigenvalue weighted by Crippen LogP contribution is -2.28. The van der Waals surface area contributed by atoms with Crippen LogP contribution in [-0.2, 0) is 6.54 Å². The van der Waals surface area contributed by atoms with E-state index in [2.05, 4.69) is 26.6 Å². The minimum absolute atomic E-state index is 0.226. The van der Waals surface area contributed by atoms with Crippen LogP contribution >= 0.6 is 15.9 Å². The largest absolute Gasteiger partial charge is 0.323 e. The molecule has 132 valence electrons. The van der Waals surface area contributed by atoms with Gasteiger partial charge >= 0.3 is 6.03 Å². The van der Waals surface area contributed by atoms with Gasteiger partial charge in [-0.1, -0.05) is 51.8 Å². The van der Waals surface area contributed by atoms with Crippen LogP contribution in [0.2, 0.25) is 0 Å². The summed E-state index contributed by atoms with van der Waals surface area (Å²) in [4.78, 5) is 24.8. The molecule has 26 heavy (non-hydrogen) atoms. The molecule has 0 fully saturated rings. The molecule has 1 heterocycles. The second kappa shape index (κ2) is 8.01. The van der Waals surface area contributed by atoms with E-state index in [1.165, 1.54) is 0 Å². The number of urea groups is 1. The minimum atomic E-state index is -0.454. The molecule has 0 radical (unpaired) electrons. The van der Waals surface area contributed by atoms with E-state index in [1.807, 2.05) is 55.5 Å². The van der Waals surface area contributed by atoms with Crippen molar-refractivity contribution in [2.24, 2.45) is 0 Å². The summed E-state index contributed by atoms with van der Waals surface area (Å²) >= 11 is 3.48. The predicted octanol–water partition coefficient (Wildman–Crippen LogP) is 4.61. The van der Waals surface area contributed by atoms with Crippen LogP contribution in [0.25, 0.3) is 0 Å². The van der Waals surface area contributed by atoms with Crippen molar-refractivity contribution >= 4 is 33.3 Å². The topological polar surface area (TPSA) is 63.1 Å². The maximum atomic E-state index is 12.6. The lowest BCUT2D eigenvalue weighted by Gasteiger charge is -2.11. The Morgan fingerprint density at radius 1 is 1.00 bits per heavy atom. The molecule has 0 saturated carbocycles. The van der Waals surface area contributed by atoms with Crippen molar-refractivity contribution in [2.45, 2.75) is 13.5 Å². The second-order valence-electron chi connectivity index (χ2n) is 5.89. The molecule has 0 aliphatic rings. The highest BCUT2D eigenvalue weighted by molar-refractivity contribution is 9.10. The van der Waals surface area contributed by atoms with Crippen molar-refractivity contribution in [3.05, 3.63) is 92.8 Å². The molecule has 2 aromatic carbocycles. The Morgan fingerprint density at radius 2 is 1.73 bits per heavy atom. The van der Waals surface area contributed by atoms with Crippen LogP contribution in [-0.4, -0.2) is 10.6 Å². The van der Waals surface area contributed by atoms with E-state index in [4.69, 9.17) is 0 Å². The number of hydrogen-bond acceptors (Lipinski definition) is 2. The van der Waals surface area contributed by atoms with E-state index in [0.717, 1.165) is 15.6 Å². The molecule has 3 aromatic rings. The summed E-state index contributed by atoms with van der Waals surface area (Å²) in [5, 5.41) is 5.34. The van der Waals surface area contributed by atoms with Crippen molar-refractivity contribution in [1.29, 1.82) is 0 Å². The smallest absolute Gasteiger partial charge is 0.309 e. The van der Waals surface area contributed by atoms with Crippen LogP contribution in [0.3, 0.4) is 0 Å². The molecule has 2 N–H and O–H groups in total. The number of nitrogens with zero attached hydrogens (tertiary/aromatic N) is 1. The molecule has 2 amide bonds. The van der Waals surface area contributed by atoms with Crippen molar-refractivity contribution < 1.29 is 4.79 Å². The molecule has 3 rings (SSSR count). The standard InChI is InChI=1S/C20H18BrN3O2/c1-14-8-10-16(11-9-14)22-20(26)23-18-7-4-12-24(19(18)25)13-15-5-2-3-6-17(15)21/h2-12H,13H2,1H3,(H2,22,23,26). The van der Waals surface area contributed by atoms with E-state index < -0.39 is 6.03 Å². The summed E-state index contributed by atoms with van der Waals surface area (Å²) < 4.78 is 2.49. The highest BCUT2D eigenvalue weighted by Gasteiger charge is 2.09. The monoisotopic (exact) mass is 411 g/mol. The van der Waals surface area contributed by atoms with Gasteiger partial charge in [0, 0.05) is 16.4 Å². The Kier molecular flexibility index (Phi) is 5.53. The maximum Gasteiger partial charge on any atom is 0.323 e. The minimum Gasteiger partial charge on any atom is -0.309 e. The molecular weight excluding hydrogens is 394 g/mol. The first kappa shape index (κ1) is 17.9. The van der Waals surface area contributed by atoms with Crippen LogP contribution in [0, 0.1) is 6.92 Å². The molecule has 5 nitrogen and oxygen atoms in total. The highest BCUT2D eigenvalue weighted by Crippen LogP contribution is 2.16. The Hall–Kier alpha value is -2.86. The van der Waals surface area contributed by atoms with E-state index in [1.54, 1.807) is 22.9 Å². The van der Waals surface area contributed by atoms with Crippen molar-refractivity contribution in [1.82, 2.24) is 4.57 Å². The van der Waals surface area contributed by atoms with Crippen molar-refractivity contribution in [2.75, 3.05) is 10.6 Å². The molecule has 0 atom stereocenters. The van der Waals surface area contributed by atoms with Gasteiger partial charge in [-0.15, -0.1) is 0 Å². The lowest BCUT2D eigenvalue weighted by molar-refractivity contribution is 0.262. The van der Waals surface area contributed by atoms with E-state index in [9.17, 15) is 9.59 Å². The van der Waals surface area contributed by atoms with Gasteiger partial charge in [0.05, 0.1) is 6.54 Å². The predicted molar refractivity (Wildman–Crippen MR) is 108 cm³/mol. The van der Waals surface area contributed by atoms with Crippen LogP contribution in [0.15, 0.2) is 76.1 Å². The number of aromatic nitrogens is 1. The summed E-state index contributed by atoms with van der Waals surface area (Å²) in [6.45, 7) is 2.39. The van der Waals surface area contributed by atoms with Gasteiger partial charge < -0.3 is 15.2 Å². The average Bonchev–Trinajstić information content (AvgIpc) is 2.62. The first-order valence-electron chi connectivity index (χ1n) is 8.10. The lowest BCUT2D eigenvalue weighted by atomic mass is 10.2. The van der Waals surface area contributed by atoms with Crippen LogP contribution in [0.1, 0.15) is 11.1 Å². The first-order chi connectivity index (χ1) is 12.5. The zero-order valence-electron chi connectivity index (χ0n) is 14.2. The molecular formula is C20H18BrN3O2. The molecule has 0 unspecified atom stereocenters. The molecule has 0 saturated heterocycles. The SMILES string of the molecule is Cc1ccc(NC(=O)Nc2cccn(Cc3ccccc3Br)c2=O)cc1. The fourth-order valence-electron chi connectivity index (χ4n) is 2.49. The van der Waals surface area contributed by atoms with Gasteiger partial charge in [-0.2, -0.15) is 0 Å². The Labute approximate surface area is 159 Å². The van der Waals surface area contributed by atoms with Gasteiger partial charge in [0.25, 0.3) is 5.56 Å². The summed E-state index contributed by atoms with van der Waals surface area (Å²) in [6.07, 6.45) is 1.70. The molecule has 6 heteroatoms. The second-order valence-corrected chi connectivity index (χ2v) is 6.75. The normalized spacial score (nSPS) is 10.4. The number of hydrogen-bond donors (Lipinski definition) is 2. The summed E-state index contributed by atoms with van der Waals surface area (Å²) in [5.41, 5.74) is 2.72. The van der Waals surface area contributed by atoms with Crippen molar-refractivity contribution in [3.8, 4) is 0 Å². The fourth-order valence-corrected chi connectivity index (χ4v) is 2.90. The molecule has 0 bridgehead atoms. The van der Waals surface area contributed by atoms with E-state index in [-0.39, 0.29) is 11.2 Å². The number of nitrogens with one attached hydrogen (secondary N) is 2. The summed E-state index contributed by atoms with van der Waals surface area (Å²) in [7, 11) is 0. The van der Waals surface area contributed by atoms with Gasteiger partial charge in [0.1, 0.15) is 5.69 Å². The quantitative estimate of drug-likeness (QED) is 0.658. The van der Waals surface area contributed by atoms with Crippen molar-refractivity contribution in [3.63, 3.8) is 0 Å². The number of carbonyl (C=O) groups is 1. The van der Waals surface area contributed by atoms with Gasteiger partial charge in [-0.25, -0.2) is 4.79 Å². The summed E-state index contributed by atoms with van der Waals surface area (Å²) in [5.74, 6) is 0. The average molecular weight is 412 g/mol. The van der Waals surface area contributed by atoms with E-state index in [0.29, 0.717) is 12.2 Å². The number of benzene rings is 2. The number of aryl methyl sites for hydroxylation is 1. The Morgan fingerprint density at radius 3 is 2.46 bits per heavy atom. The summed E-state index contributed by atoms with van der Waals surface area (Å²) in [6, 6.07) is 18.0.